The lowest BCUT2D eigenvalue weighted by Gasteiger charge is -2.14. The van der Waals surface area contributed by atoms with Crippen LogP contribution in [0.25, 0.3) is 0 Å². The zero-order chi connectivity index (χ0) is 15.8. The molecule has 0 saturated carbocycles. The standard InChI is InChI=1S/C13H10BrClF3N3/c1-6-7(2)12(21-20-11(6)15)19-10-5-8(13(16,17)18)3-4-9(10)14/h3-5H,1-2H3,(H,19,21). The number of alkyl halides is 3. The SMILES string of the molecule is Cc1c(Cl)nnc(Nc2cc(C(F)(F)F)ccc2Br)c1C. The zero-order valence-electron chi connectivity index (χ0n) is 11.0. The summed E-state index contributed by atoms with van der Waals surface area (Å²) in [4.78, 5) is 0. The maximum absolute atomic E-state index is 12.7. The van der Waals surface area contributed by atoms with Crippen molar-refractivity contribution in [3.63, 3.8) is 0 Å². The van der Waals surface area contributed by atoms with E-state index in [4.69, 9.17) is 11.6 Å². The van der Waals surface area contributed by atoms with Gasteiger partial charge in [-0.15, -0.1) is 10.2 Å². The van der Waals surface area contributed by atoms with Gasteiger partial charge >= 0.3 is 6.18 Å². The summed E-state index contributed by atoms with van der Waals surface area (Å²) >= 11 is 9.05. The number of benzene rings is 1. The van der Waals surface area contributed by atoms with Crippen molar-refractivity contribution in [1.29, 1.82) is 0 Å². The van der Waals surface area contributed by atoms with E-state index in [1.54, 1.807) is 13.8 Å². The molecule has 0 amide bonds. The molecule has 0 saturated heterocycles. The van der Waals surface area contributed by atoms with Gasteiger partial charge in [0.05, 0.1) is 11.3 Å². The molecule has 0 fully saturated rings. The first-order valence-electron chi connectivity index (χ1n) is 5.83. The Morgan fingerprint density at radius 3 is 2.43 bits per heavy atom. The Kier molecular flexibility index (Phi) is 4.43. The van der Waals surface area contributed by atoms with Crippen LogP contribution in [0.4, 0.5) is 24.7 Å². The molecule has 2 rings (SSSR count). The van der Waals surface area contributed by atoms with Crippen molar-refractivity contribution in [1.82, 2.24) is 10.2 Å². The van der Waals surface area contributed by atoms with Crippen LogP contribution < -0.4 is 5.32 Å². The lowest BCUT2D eigenvalue weighted by molar-refractivity contribution is -0.137. The molecule has 112 valence electrons. The molecule has 0 aliphatic heterocycles. The van der Waals surface area contributed by atoms with Gasteiger partial charge in [-0.25, -0.2) is 0 Å². The van der Waals surface area contributed by atoms with Crippen LogP contribution >= 0.6 is 27.5 Å². The molecule has 1 aromatic heterocycles. The first kappa shape index (κ1) is 16.0. The Morgan fingerprint density at radius 2 is 1.81 bits per heavy atom. The lowest BCUT2D eigenvalue weighted by Crippen LogP contribution is -2.07. The van der Waals surface area contributed by atoms with Gasteiger partial charge < -0.3 is 5.32 Å². The molecule has 1 aromatic carbocycles. The highest BCUT2D eigenvalue weighted by atomic mass is 79.9. The number of halogens is 5. The van der Waals surface area contributed by atoms with Crippen LogP contribution in [0.15, 0.2) is 22.7 Å². The first-order valence-corrected chi connectivity index (χ1v) is 7.00. The fourth-order valence-electron chi connectivity index (χ4n) is 1.62. The van der Waals surface area contributed by atoms with Gasteiger partial charge in [0.1, 0.15) is 0 Å². The van der Waals surface area contributed by atoms with Crippen LogP contribution in [0, 0.1) is 13.8 Å². The fraction of sp³-hybridized carbons (Fsp3) is 0.231. The number of hydrogen-bond donors (Lipinski definition) is 1. The Hall–Kier alpha value is -1.34. The molecule has 8 heteroatoms. The van der Waals surface area contributed by atoms with Gasteiger partial charge in [-0.05, 0) is 59.1 Å². The van der Waals surface area contributed by atoms with Crippen molar-refractivity contribution in [2.75, 3.05) is 5.32 Å². The summed E-state index contributed by atoms with van der Waals surface area (Å²) in [6.07, 6.45) is -4.41. The van der Waals surface area contributed by atoms with Gasteiger partial charge in [0.2, 0.25) is 0 Å². The number of aromatic nitrogens is 2. The van der Waals surface area contributed by atoms with E-state index in [9.17, 15) is 13.2 Å². The van der Waals surface area contributed by atoms with E-state index in [1.165, 1.54) is 6.07 Å². The Bertz CT molecular complexity index is 689. The number of nitrogens with zero attached hydrogens (tertiary/aromatic N) is 2. The summed E-state index contributed by atoms with van der Waals surface area (Å²) in [6.45, 7) is 3.53. The highest BCUT2D eigenvalue weighted by Crippen LogP contribution is 2.35. The van der Waals surface area contributed by atoms with Crippen LogP contribution in [-0.4, -0.2) is 10.2 Å². The van der Waals surface area contributed by atoms with Crippen LogP contribution in [0.2, 0.25) is 5.15 Å². The van der Waals surface area contributed by atoms with E-state index in [0.29, 0.717) is 10.3 Å². The average Bonchev–Trinajstić information content (AvgIpc) is 2.40. The van der Waals surface area contributed by atoms with Crippen molar-refractivity contribution in [3.8, 4) is 0 Å². The van der Waals surface area contributed by atoms with Crippen LogP contribution in [-0.2, 0) is 6.18 Å². The number of hydrogen-bond acceptors (Lipinski definition) is 3. The zero-order valence-corrected chi connectivity index (χ0v) is 13.4. The normalized spacial score (nSPS) is 11.6. The molecule has 21 heavy (non-hydrogen) atoms. The first-order chi connectivity index (χ1) is 9.70. The topological polar surface area (TPSA) is 37.8 Å². The molecule has 0 bridgehead atoms. The summed E-state index contributed by atoms with van der Waals surface area (Å²) in [5.41, 5.74) is 0.949. The smallest absolute Gasteiger partial charge is 0.338 e. The second-order valence-electron chi connectivity index (χ2n) is 4.41. The highest BCUT2D eigenvalue weighted by Gasteiger charge is 2.31. The molecule has 1 heterocycles. The van der Waals surface area contributed by atoms with Gasteiger partial charge in [-0.1, -0.05) is 11.6 Å². The van der Waals surface area contributed by atoms with E-state index in [2.05, 4.69) is 31.4 Å². The number of nitrogens with one attached hydrogen (secondary N) is 1. The van der Waals surface area contributed by atoms with Crippen molar-refractivity contribution < 1.29 is 13.2 Å². The minimum absolute atomic E-state index is 0.254. The van der Waals surface area contributed by atoms with Crippen LogP contribution in [0.3, 0.4) is 0 Å². The van der Waals surface area contributed by atoms with E-state index >= 15 is 0 Å². The van der Waals surface area contributed by atoms with Gasteiger partial charge in [0.25, 0.3) is 0 Å². The number of anilines is 2. The summed E-state index contributed by atoms with van der Waals surface area (Å²) < 4.78 is 38.7. The predicted octanol–water partition coefficient (Wildman–Crippen LogP) is 5.27. The molecule has 0 spiro atoms. The molecular formula is C13H10BrClF3N3. The second kappa shape index (κ2) is 5.81. The molecule has 2 aromatic rings. The minimum atomic E-state index is -4.41. The molecule has 0 radical (unpaired) electrons. The molecular weight excluding hydrogens is 371 g/mol. The van der Waals surface area contributed by atoms with Crippen molar-refractivity contribution >= 4 is 39.0 Å². The summed E-state index contributed by atoms with van der Waals surface area (Å²) in [6, 6.07) is 3.34. The largest absolute Gasteiger partial charge is 0.416 e. The third-order valence-corrected chi connectivity index (χ3v) is 4.06. The molecule has 0 aliphatic rings. The van der Waals surface area contributed by atoms with Gasteiger partial charge in [-0.2, -0.15) is 13.2 Å². The molecule has 3 nitrogen and oxygen atoms in total. The monoisotopic (exact) mass is 379 g/mol. The Morgan fingerprint density at radius 1 is 1.14 bits per heavy atom. The maximum Gasteiger partial charge on any atom is 0.416 e. The lowest BCUT2D eigenvalue weighted by atomic mass is 10.1. The van der Waals surface area contributed by atoms with Crippen LogP contribution in [0.1, 0.15) is 16.7 Å². The highest BCUT2D eigenvalue weighted by molar-refractivity contribution is 9.10. The quantitative estimate of drug-likeness (QED) is 0.771. The van der Waals surface area contributed by atoms with Crippen molar-refractivity contribution in [3.05, 3.63) is 44.5 Å². The summed E-state index contributed by atoms with van der Waals surface area (Å²) in [7, 11) is 0. The summed E-state index contributed by atoms with van der Waals surface area (Å²) in [5.74, 6) is 0.358. The van der Waals surface area contributed by atoms with Gasteiger partial charge in [0.15, 0.2) is 11.0 Å². The van der Waals surface area contributed by atoms with Crippen molar-refractivity contribution in [2.24, 2.45) is 0 Å². The van der Waals surface area contributed by atoms with Gasteiger partial charge in [-0.3, -0.25) is 0 Å². The van der Waals surface area contributed by atoms with Crippen molar-refractivity contribution in [2.45, 2.75) is 20.0 Å². The second-order valence-corrected chi connectivity index (χ2v) is 5.62. The van der Waals surface area contributed by atoms with Gasteiger partial charge in [0, 0.05) is 4.47 Å². The molecule has 1 N–H and O–H groups in total. The van der Waals surface area contributed by atoms with E-state index in [0.717, 1.165) is 23.3 Å². The molecule has 0 unspecified atom stereocenters. The maximum atomic E-state index is 12.7. The van der Waals surface area contributed by atoms with E-state index in [-0.39, 0.29) is 10.8 Å². The van der Waals surface area contributed by atoms with E-state index in [1.807, 2.05) is 0 Å². The van der Waals surface area contributed by atoms with Crippen LogP contribution in [0.5, 0.6) is 0 Å². The van der Waals surface area contributed by atoms with E-state index < -0.39 is 11.7 Å². The minimum Gasteiger partial charge on any atom is -0.338 e. The Labute approximate surface area is 132 Å². The number of rotatable bonds is 2. The third-order valence-electron chi connectivity index (χ3n) is 3.01. The molecule has 0 atom stereocenters. The average molecular weight is 381 g/mol. The Balaban J connectivity index is 2.42. The molecule has 0 aliphatic carbocycles. The third kappa shape index (κ3) is 3.47. The summed E-state index contributed by atoms with van der Waals surface area (Å²) in [5, 5.41) is 10.7. The predicted molar refractivity (Wildman–Crippen MR) is 78.9 cm³/mol. The fourth-order valence-corrected chi connectivity index (χ4v) is 2.15.